The average molecular weight is 517 g/mol. The standard InChI is InChI=1S/C25H27F3N6O3/c1-4-36-24(35)23-22(15(2)31-33(23)14-16-11-29-32(3)13-16)18-9-17(25(26,27)28)10-20-19(18)12-30-34(20)21-7-5-6-8-37-21/h9-13,21H,4-8,14H2,1-3H3. The fourth-order valence-corrected chi connectivity index (χ4v) is 4.81. The molecule has 0 radical (unpaired) electrons. The lowest BCUT2D eigenvalue weighted by molar-refractivity contribution is -0.137. The van der Waals surface area contributed by atoms with Crippen LogP contribution in [0, 0.1) is 6.92 Å². The molecule has 1 fully saturated rings. The first kappa shape index (κ1) is 25.0. The normalized spacial score (nSPS) is 16.4. The molecule has 3 aromatic heterocycles. The molecule has 0 aliphatic carbocycles. The summed E-state index contributed by atoms with van der Waals surface area (Å²) in [5.41, 5.74) is 1.18. The van der Waals surface area contributed by atoms with Gasteiger partial charge in [-0.3, -0.25) is 9.36 Å². The van der Waals surface area contributed by atoms with E-state index >= 15 is 0 Å². The summed E-state index contributed by atoms with van der Waals surface area (Å²) >= 11 is 0. The minimum atomic E-state index is -4.62. The molecule has 1 atom stereocenters. The number of carbonyl (C=O) groups is 1. The van der Waals surface area contributed by atoms with Crippen molar-refractivity contribution in [2.24, 2.45) is 7.05 Å². The lowest BCUT2D eigenvalue weighted by atomic mass is 9.96. The summed E-state index contributed by atoms with van der Waals surface area (Å²) in [6, 6.07) is 2.14. The number of nitrogens with zero attached hydrogens (tertiary/aromatic N) is 6. The maximum Gasteiger partial charge on any atom is 0.416 e. The molecule has 0 bridgehead atoms. The van der Waals surface area contributed by atoms with Crippen LogP contribution in [0.3, 0.4) is 0 Å². The number of esters is 1. The first-order valence-corrected chi connectivity index (χ1v) is 12.1. The SMILES string of the molecule is CCOC(=O)c1c(-c2cc(C(F)(F)F)cc3c2cnn3C2CCCCO2)c(C)nn1Cc1cnn(C)c1. The van der Waals surface area contributed by atoms with Crippen molar-refractivity contribution in [3.8, 4) is 11.1 Å². The molecule has 4 heterocycles. The number of fused-ring (bicyclic) bond motifs is 1. The highest BCUT2D eigenvalue weighted by molar-refractivity contribution is 6.03. The number of aryl methyl sites for hydroxylation is 2. The number of benzene rings is 1. The molecule has 0 amide bonds. The average Bonchev–Trinajstić information content (AvgIpc) is 3.55. The molecule has 12 heteroatoms. The van der Waals surface area contributed by atoms with Crippen molar-refractivity contribution < 1.29 is 27.4 Å². The van der Waals surface area contributed by atoms with E-state index in [1.807, 2.05) is 0 Å². The monoisotopic (exact) mass is 516 g/mol. The zero-order valence-corrected chi connectivity index (χ0v) is 20.7. The third-order valence-electron chi connectivity index (χ3n) is 6.43. The Morgan fingerprint density at radius 1 is 1.22 bits per heavy atom. The minimum absolute atomic E-state index is 0.0745. The second-order valence-electron chi connectivity index (χ2n) is 9.07. The summed E-state index contributed by atoms with van der Waals surface area (Å²) in [4.78, 5) is 13.2. The summed E-state index contributed by atoms with van der Waals surface area (Å²) < 4.78 is 58.0. The lowest BCUT2D eigenvalue weighted by Crippen LogP contribution is -2.19. The summed E-state index contributed by atoms with van der Waals surface area (Å²) in [5, 5.41) is 13.6. The van der Waals surface area contributed by atoms with E-state index in [9.17, 15) is 18.0 Å². The number of halogens is 3. The topological polar surface area (TPSA) is 89.0 Å². The first-order chi connectivity index (χ1) is 17.7. The summed E-state index contributed by atoms with van der Waals surface area (Å²) in [7, 11) is 1.77. The van der Waals surface area contributed by atoms with Gasteiger partial charge >= 0.3 is 12.1 Å². The van der Waals surface area contributed by atoms with Gasteiger partial charge in [0.15, 0.2) is 11.9 Å². The van der Waals surface area contributed by atoms with Crippen molar-refractivity contribution in [3.63, 3.8) is 0 Å². The number of hydrogen-bond donors (Lipinski definition) is 0. The van der Waals surface area contributed by atoms with Crippen LogP contribution in [0.4, 0.5) is 13.2 Å². The van der Waals surface area contributed by atoms with Gasteiger partial charge in [-0.05, 0) is 50.8 Å². The van der Waals surface area contributed by atoms with E-state index in [1.54, 1.807) is 38.0 Å². The van der Waals surface area contributed by atoms with E-state index in [2.05, 4.69) is 15.3 Å². The molecule has 5 rings (SSSR count). The third kappa shape index (κ3) is 4.73. The molecule has 1 aliphatic heterocycles. The van der Waals surface area contributed by atoms with Gasteiger partial charge in [0.05, 0.1) is 42.3 Å². The predicted octanol–water partition coefficient (Wildman–Crippen LogP) is 4.88. The van der Waals surface area contributed by atoms with E-state index < -0.39 is 23.9 Å². The number of rotatable bonds is 6. The quantitative estimate of drug-likeness (QED) is 0.339. The number of hydrogen-bond acceptors (Lipinski definition) is 6. The fraction of sp³-hybridized carbons (Fsp3) is 0.440. The lowest BCUT2D eigenvalue weighted by Gasteiger charge is -2.24. The smallest absolute Gasteiger partial charge is 0.416 e. The summed E-state index contributed by atoms with van der Waals surface area (Å²) in [5.74, 6) is -0.671. The number of aromatic nitrogens is 6. The van der Waals surface area contributed by atoms with Crippen LogP contribution in [0.25, 0.3) is 22.0 Å². The highest BCUT2D eigenvalue weighted by atomic mass is 19.4. The number of alkyl halides is 3. The number of ether oxygens (including phenoxy) is 2. The molecule has 1 aromatic carbocycles. The van der Waals surface area contributed by atoms with Gasteiger partial charge in [0.1, 0.15) is 0 Å². The van der Waals surface area contributed by atoms with Gasteiger partial charge in [0, 0.05) is 36.4 Å². The Labute approximate surface area is 210 Å². The van der Waals surface area contributed by atoms with E-state index in [1.165, 1.54) is 15.6 Å². The maximum atomic E-state index is 14.1. The molecule has 37 heavy (non-hydrogen) atoms. The van der Waals surface area contributed by atoms with Crippen molar-refractivity contribution in [2.75, 3.05) is 13.2 Å². The Hall–Kier alpha value is -3.67. The molecule has 0 N–H and O–H groups in total. The zero-order valence-electron chi connectivity index (χ0n) is 20.7. The highest BCUT2D eigenvalue weighted by Gasteiger charge is 2.35. The van der Waals surface area contributed by atoms with Gasteiger partial charge in [-0.1, -0.05) is 0 Å². The molecule has 0 saturated carbocycles. The predicted molar refractivity (Wildman–Crippen MR) is 128 cm³/mol. The van der Waals surface area contributed by atoms with Crippen molar-refractivity contribution in [3.05, 3.63) is 53.2 Å². The van der Waals surface area contributed by atoms with Gasteiger partial charge in [-0.15, -0.1) is 0 Å². The Balaban J connectivity index is 1.74. The molecule has 196 valence electrons. The third-order valence-corrected chi connectivity index (χ3v) is 6.43. The Morgan fingerprint density at radius 2 is 2.03 bits per heavy atom. The van der Waals surface area contributed by atoms with Crippen LogP contribution < -0.4 is 0 Å². The molecule has 1 unspecified atom stereocenters. The van der Waals surface area contributed by atoms with Crippen LogP contribution >= 0.6 is 0 Å². The molecule has 0 spiro atoms. The maximum absolute atomic E-state index is 14.1. The van der Waals surface area contributed by atoms with E-state index in [0.29, 0.717) is 24.1 Å². The van der Waals surface area contributed by atoms with Gasteiger partial charge in [0.2, 0.25) is 0 Å². The molecular formula is C25H27F3N6O3. The Kier molecular flexibility index (Phi) is 6.52. The van der Waals surface area contributed by atoms with Gasteiger partial charge < -0.3 is 9.47 Å². The zero-order chi connectivity index (χ0) is 26.3. The van der Waals surface area contributed by atoms with Crippen LogP contribution in [0.15, 0.2) is 30.7 Å². The van der Waals surface area contributed by atoms with E-state index in [0.717, 1.165) is 30.5 Å². The van der Waals surface area contributed by atoms with Crippen LogP contribution in [0.1, 0.15) is 59.7 Å². The summed E-state index contributed by atoms with van der Waals surface area (Å²) in [6.45, 7) is 4.15. The molecule has 9 nitrogen and oxygen atoms in total. The minimum Gasteiger partial charge on any atom is -0.461 e. The molecule has 1 aliphatic rings. The molecule has 4 aromatic rings. The van der Waals surface area contributed by atoms with E-state index in [-0.39, 0.29) is 35.5 Å². The second-order valence-corrected chi connectivity index (χ2v) is 9.07. The van der Waals surface area contributed by atoms with Crippen LogP contribution in [-0.4, -0.2) is 48.5 Å². The Morgan fingerprint density at radius 3 is 2.68 bits per heavy atom. The first-order valence-electron chi connectivity index (χ1n) is 12.1. The van der Waals surface area contributed by atoms with Gasteiger partial charge in [-0.2, -0.15) is 28.5 Å². The summed E-state index contributed by atoms with van der Waals surface area (Å²) in [6.07, 6.45) is 2.31. The van der Waals surface area contributed by atoms with Crippen molar-refractivity contribution in [1.82, 2.24) is 29.3 Å². The largest absolute Gasteiger partial charge is 0.461 e. The van der Waals surface area contributed by atoms with Crippen LogP contribution in [0.5, 0.6) is 0 Å². The van der Waals surface area contributed by atoms with E-state index in [4.69, 9.17) is 9.47 Å². The van der Waals surface area contributed by atoms with Crippen molar-refractivity contribution in [2.45, 2.75) is 52.1 Å². The van der Waals surface area contributed by atoms with Crippen LogP contribution in [0.2, 0.25) is 0 Å². The van der Waals surface area contributed by atoms with Crippen molar-refractivity contribution in [1.29, 1.82) is 0 Å². The van der Waals surface area contributed by atoms with Gasteiger partial charge in [0.25, 0.3) is 0 Å². The highest BCUT2D eigenvalue weighted by Crippen LogP contribution is 2.41. The number of carbonyl (C=O) groups excluding carboxylic acids is 1. The van der Waals surface area contributed by atoms with Gasteiger partial charge in [-0.25, -0.2) is 9.48 Å². The molecule has 1 saturated heterocycles. The van der Waals surface area contributed by atoms with Crippen LogP contribution in [-0.2, 0) is 29.2 Å². The Bertz CT molecular complexity index is 1450. The fourth-order valence-electron chi connectivity index (χ4n) is 4.81. The second kappa shape index (κ2) is 9.66. The van der Waals surface area contributed by atoms with Crippen molar-refractivity contribution >= 4 is 16.9 Å². The molecular weight excluding hydrogens is 489 g/mol.